The van der Waals surface area contributed by atoms with E-state index >= 15 is 0 Å². The van der Waals surface area contributed by atoms with E-state index in [1.54, 1.807) is 12.1 Å². The van der Waals surface area contributed by atoms with Crippen LogP contribution in [0.4, 0.5) is 4.39 Å². The number of benzene rings is 2. The number of aliphatic hydroxyl groups is 1. The Kier molecular flexibility index (Phi) is 5.97. The molecule has 2 aromatic carbocycles. The van der Waals surface area contributed by atoms with Gasteiger partial charge in [-0.2, -0.15) is 0 Å². The average Bonchev–Trinajstić information content (AvgIpc) is 3.56. The van der Waals surface area contributed by atoms with Gasteiger partial charge < -0.3 is 10.0 Å². The first-order valence-electron chi connectivity index (χ1n) is 10.6. The first-order chi connectivity index (χ1) is 14.1. The first kappa shape index (κ1) is 20.0. The second-order valence-corrected chi connectivity index (χ2v) is 8.25. The number of likely N-dealkylation sites (tertiary alicyclic amines) is 1. The molecule has 1 saturated carbocycles. The molecule has 5 heteroatoms. The molecule has 1 saturated heterocycles. The van der Waals surface area contributed by atoms with E-state index in [9.17, 15) is 14.3 Å². The van der Waals surface area contributed by atoms with Crippen LogP contribution >= 0.6 is 0 Å². The third-order valence-electron chi connectivity index (χ3n) is 6.37. The van der Waals surface area contributed by atoms with Crippen molar-refractivity contribution in [1.29, 1.82) is 0 Å². The highest BCUT2D eigenvalue weighted by atomic mass is 19.1. The third kappa shape index (κ3) is 4.21. The standard InChI is InChI=1S/C24H29FN2O2/c1-2-26(24(29)19-9-6-10-20(25)13-19)15-21-23(18-7-4-3-5-8-18)22(16-28)27(21)14-17-11-12-17/h3-10,13,17,21-23,28H,2,11-12,14-16H2,1H3/t21-,22+,23-/m0/s1. The Labute approximate surface area is 171 Å². The van der Waals surface area contributed by atoms with E-state index < -0.39 is 5.82 Å². The molecular weight excluding hydrogens is 367 g/mol. The number of carbonyl (C=O) groups is 1. The topological polar surface area (TPSA) is 43.8 Å². The number of rotatable bonds is 8. The number of aliphatic hydroxyl groups excluding tert-OH is 1. The lowest BCUT2D eigenvalue weighted by molar-refractivity contribution is -0.0561. The summed E-state index contributed by atoms with van der Waals surface area (Å²) in [6.07, 6.45) is 2.49. The van der Waals surface area contributed by atoms with Crippen LogP contribution in [0.3, 0.4) is 0 Å². The fraction of sp³-hybridized carbons (Fsp3) is 0.458. The van der Waals surface area contributed by atoms with Crippen molar-refractivity contribution in [2.75, 3.05) is 26.2 Å². The molecule has 154 valence electrons. The molecular formula is C24H29FN2O2. The lowest BCUT2D eigenvalue weighted by Crippen LogP contribution is -2.67. The summed E-state index contributed by atoms with van der Waals surface area (Å²) in [6, 6.07) is 16.4. The molecule has 0 radical (unpaired) electrons. The zero-order chi connectivity index (χ0) is 20.4. The fourth-order valence-corrected chi connectivity index (χ4v) is 4.62. The zero-order valence-corrected chi connectivity index (χ0v) is 16.9. The molecule has 4 rings (SSSR count). The quantitative estimate of drug-likeness (QED) is 0.742. The summed E-state index contributed by atoms with van der Waals surface area (Å²) in [5, 5.41) is 10.1. The summed E-state index contributed by atoms with van der Waals surface area (Å²) in [5.74, 6) is 0.359. The van der Waals surface area contributed by atoms with Gasteiger partial charge in [0.1, 0.15) is 5.82 Å². The first-order valence-corrected chi connectivity index (χ1v) is 10.6. The maximum absolute atomic E-state index is 13.6. The number of nitrogens with zero attached hydrogens (tertiary/aromatic N) is 2. The van der Waals surface area contributed by atoms with Crippen molar-refractivity contribution >= 4 is 5.91 Å². The van der Waals surface area contributed by atoms with E-state index in [0.29, 0.717) is 24.6 Å². The normalized spacial score (nSPS) is 24.2. The summed E-state index contributed by atoms with van der Waals surface area (Å²) in [4.78, 5) is 17.2. The van der Waals surface area contributed by atoms with Crippen molar-refractivity contribution in [3.05, 3.63) is 71.5 Å². The Morgan fingerprint density at radius 3 is 2.52 bits per heavy atom. The number of halogens is 1. The Bertz CT molecular complexity index is 840. The van der Waals surface area contributed by atoms with Crippen molar-refractivity contribution in [1.82, 2.24) is 9.80 Å². The van der Waals surface area contributed by atoms with Gasteiger partial charge in [0.25, 0.3) is 5.91 Å². The molecule has 0 aromatic heterocycles. The van der Waals surface area contributed by atoms with Crippen molar-refractivity contribution < 1.29 is 14.3 Å². The number of amides is 1. The summed E-state index contributed by atoms with van der Waals surface area (Å²) in [5.41, 5.74) is 1.59. The van der Waals surface area contributed by atoms with E-state index in [2.05, 4.69) is 17.0 Å². The molecule has 1 aliphatic heterocycles. The van der Waals surface area contributed by atoms with Gasteiger partial charge in [0.05, 0.1) is 6.61 Å². The molecule has 1 N–H and O–H groups in total. The van der Waals surface area contributed by atoms with Crippen molar-refractivity contribution in [3.8, 4) is 0 Å². The van der Waals surface area contributed by atoms with Crippen LogP contribution in [0.5, 0.6) is 0 Å². The van der Waals surface area contributed by atoms with Crippen LogP contribution in [0.25, 0.3) is 0 Å². The van der Waals surface area contributed by atoms with E-state index in [1.165, 1.54) is 30.5 Å². The summed E-state index contributed by atoms with van der Waals surface area (Å²) >= 11 is 0. The highest BCUT2D eigenvalue weighted by Crippen LogP contribution is 2.44. The van der Waals surface area contributed by atoms with Gasteiger partial charge >= 0.3 is 0 Å². The summed E-state index contributed by atoms with van der Waals surface area (Å²) in [7, 11) is 0. The number of hydrogen-bond donors (Lipinski definition) is 1. The SMILES string of the molecule is CCN(C[C@H]1[C@H](c2ccccc2)[C@@H](CO)N1CC1CC1)C(=O)c1cccc(F)c1. The fourth-order valence-electron chi connectivity index (χ4n) is 4.62. The molecule has 1 aliphatic carbocycles. The van der Waals surface area contributed by atoms with Gasteiger partial charge in [-0.25, -0.2) is 4.39 Å². The summed E-state index contributed by atoms with van der Waals surface area (Å²) < 4.78 is 13.6. The molecule has 4 nitrogen and oxygen atoms in total. The lowest BCUT2D eigenvalue weighted by atomic mass is 9.74. The van der Waals surface area contributed by atoms with Crippen LogP contribution in [0.15, 0.2) is 54.6 Å². The molecule has 2 fully saturated rings. The smallest absolute Gasteiger partial charge is 0.254 e. The molecule has 2 aromatic rings. The van der Waals surface area contributed by atoms with Gasteiger partial charge in [0.15, 0.2) is 0 Å². The van der Waals surface area contributed by atoms with Gasteiger partial charge in [-0.15, -0.1) is 0 Å². The van der Waals surface area contributed by atoms with Crippen LogP contribution in [0.2, 0.25) is 0 Å². The monoisotopic (exact) mass is 396 g/mol. The van der Waals surface area contributed by atoms with E-state index in [1.807, 2.05) is 30.0 Å². The minimum atomic E-state index is -0.395. The number of carbonyl (C=O) groups excluding carboxylic acids is 1. The van der Waals surface area contributed by atoms with Crippen LogP contribution < -0.4 is 0 Å². The van der Waals surface area contributed by atoms with Crippen molar-refractivity contribution in [2.24, 2.45) is 5.92 Å². The Hall–Kier alpha value is -2.24. The van der Waals surface area contributed by atoms with Crippen LogP contribution in [0, 0.1) is 11.7 Å². The molecule has 2 aliphatic rings. The lowest BCUT2D eigenvalue weighted by Gasteiger charge is -2.56. The molecule has 1 amide bonds. The highest BCUT2D eigenvalue weighted by Gasteiger charge is 2.50. The average molecular weight is 397 g/mol. The van der Waals surface area contributed by atoms with Gasteiger partial charge in [-0.1, -0.05) is 36.4 Å². The van der Waals surface area contributed by atoms with Gasteiger partial charge in [-0.05, 0) is 49.4 Å². The van der Waals surface area contributed by atoms with E-state index in [4.69, 9.17) is 0 Å². The highest BCUT2D eigenvalue weighted by molar-refractivity contribution is 5.94. The van der Waals surface area contributed by atoms with Gasteiger partial charge in [0.2, 0.25) is 0 Å². The second kappa shape index (κ2) is 8.64. The molecule has 0 spiro atoms. The maximum Gasteiger partial charge on any atom is 0.254 e. The molecule has 0 bridgehead atoms. The van der Waals surface area contributed by atoms with E-state index in [0.717, 1.165) is 6.54 Å². The zero-order valence-electron chi connectivity index (χ0n) is 16.9. The predicted molar refractivity (Wildman–Crippen MR) is 111 cm³/mol. The summed E-state index contributed by atoms with van der Waals surface area (Å²) in [6.45, 7) is 4.20. The Balaban J connectivity index is 1.57. The van der Waals surface area contributed by atoms with Crippen LogP contribution in [-0.4, -0.2) is 59.1 Å². The predicted octanol–water partition coefficient (Wildman–Crippen LogP) is 3.53. The number of hydrogen-bond acceptors (Lipinski definition) is 3. The Morgan fingerprint density at radius 2 is 1.90 bits per heavy atom. The molecule has 29 heavy (non-hydrogen) atoms. The van der Waals surface area contributed by atoms with Crippen LogP contribution in [0.1, 0.15) is 41.6 Å². The molecule has 1 heterocycles. The van der Waals surface area contributed by atoms with E-state index in [-0.39, 0.29) is 30.5 Å². The Morgan fingerprint density at radius 1 is 1.14 bits per heavy atom. The van der Waals surface area contributed by atoms with Crippen molar-refractivity contribution in [2.45, 2.75) is 37.8 Å². The molecule has 3 atom stereocenters. The van der Waals surface area contributed by atoms with Crippen molar-refractivity contribution in [3.63, 3.8) is 0 Å². The van der Waals surface area contributed by atoms with Gasteiger partial charge in [0, 0.05) is 43.2 Å². The largest absolute Gasteiger partial charge is 0.395 e. The maximum atomic E-state index is 13.6. The number of likely N-dealkylation sites (N-methyl/N-ethyl adjacent to an activating group) is 1. The van der Waals surface area contributed by atoms with Gasteiger partial charge in [-0.3, -0.25) is 9.69 Å². The molecule has 0 unspecified atom stereocenters. The van der Waals surface area contributed by atoms with Crippen LogP contribution in [-0.2, 0) is 0 Å². The second-order valence-electron chi connectivity index (χ2n) is 8.25. The third-order valence-corrected chi connectivity index (χ3v) is 6.37. The minimum absolute atomic E-state index is 0.0889. The minimum Gasteiger partial charge on any atom is -0.395 e.